The molecule has 3 N–H and O–H groups in total. The molecule has 0 spiro atoms. The average molecular weight is 169 g/mol. The fraction of sp³-hybridized carbons (Fsp3) is 0.800. The van der Waals surface area contributed by atoms with Gasteiger partial charge in [0.15, 0.2) is 0 Å². The third kappa shape index (κ3) is 1.30. The van der Waals surface area contributed by atoms with E-state index in [-0.39, 0.29) is 0 Å². The van der Waals surface area contributed by atoms with Gasteiger partial charge in [-0.05, 0) is 0 Å². The van der Waals surface area contributed by atoms with Crippen molar-refractivity contribution in [2.45, 2.75) is 12.2 Å². The van der Waals surface area contributed by atoms with Crippen molar-refractivity contribution in [2.75, 3.05) is 0 Å². The lowest BCUT2D eigenvalue weighted by Crippen LogP contribution is -2.17. The number of nitrogens with two attached hydrogens (primary N) is 1. The molecule has 0 unspecified atom stereocenters. The number of aliphatic carboxylic acids is 1. The Labute approximate surface area is 60.0 Å². The minimum atomic E-state index is -4.47. The van der Waals surface area contributed by atoms with Crippen molar-refractivity contribution in [3.8, 4) is 0 Å². The molecule has 1 saturated carbocycles. The molecule has 6 heteroatoms. The predicted molar refractivity (Wildman–Crippen MR) is 28.6 cm³/mol. The Balaban J connectivity index is 2.62. The molecule has 0 saturated heterocycles. The number of carboxylic acid groups (broad SMARTS) is 1. The molecule has 1 aliphatic carbocycles. The van der Waals surface area contributed by atoms with E-state index in [1.807, 2.05) is 0 Å². The van der Waals surface area contributed by atoms with Crippen molar-refractivity contribution in [3.05, 3.63) is 0 Å². The van der Waals surface area contributed by atoms with E-state index in [0.29, 0.717) is 0 Å². The topological polar surface area (TPSA) is 63.3 Å². The van der Waals surface area contributed by atoms with Gasteiger partial charge in [-0.2, -0.15) is 13.2 Å². The number of hydrogen-bond acceptors (Lipinski definition) is 2. The second kappa shape index (κ2) is 2.10. The summed E-state index contributed by atoms with van der Waals surface area (Å²) in [6.07, 6.45) is -4.47. The highest BCUT2D eigenvalue weighted by atomic mass is 19.4. The molecule has 0 bridgehead atoms. The third-order valence-electron chi connectivity index (χ3n) is 1.74. The molecule has 0 aromatic heterocycles. The van der Waals surface area contributed by atoms with Crippen LogP contribution in [-0.2, 0) is 4.79 Å². The Morgan fingerprint density at radius 2 is 1.91 bits per heavy atom. The predicted octanol–water partition coefficient (Wildman–Crippen LogP) is 0.207. The average Bonchev–Trinajstić information content (AvgIpc) is 2.38. The molecule has 1 rings (SSSR count). The maximum atomic E-state index is 11.8. The van der Waals surface area contributed by atoms with Crippen LogP contribution in [0.15, 0.2) is 0 Å². The lowest BCUT2D eigenvalue weighted by Gasteiger charge is -2.02. The molecule has 1 aliphatic rings. The van der Waals surface area contributed by atoms with Crippen LogP contribution >= 0.6 is 0 Å². The molecule has 0 radical (unpaired) electrons. The highest BCUT2D eigenvalue weighted by molar-refractivity contribution is 5.75. The summed E-state index contributed by atoms with van der Waals surface area (Å²) in [7, 11) is 0. The molecule has 0 aromatic rings. The summed E-state index contributed by atoms with van der Waals surface area (Å²) in [5.74, 6) is -4.75. The third-order valence-corrected chi connectivity index (χ3v) is 1.74. The van der Waals surface area contributed by atoms with Crippen molar-refractivity contribution in [1.82, 2.24) is 0 Å². The summed E-state index contributed by atoms with van der Waals surface area (Å²) in [5.41, 5.74) is 4.90. The zero-order valence-electron chi connectivity index (χ0n) is 5.30. The zero-order chi connectivity index (χ0) is 8.81. The van der Waals surface area contributed by atoms with Gasteiger partial charge >= 0.3 is 12.1 Å². The minimum Gasteiger partial charge on any atom is -0.481 e. The lowest BCUT2D eigenvalue weighted by atomic mass is 10.3. The van der Waals surface area contributed by atoms with E-state index in [1.54, 1.807) is 0 Å². The Morgan fingerprint density at radius 1 is 1.45 bits per heavy atom. The first-order chi connectivity index (χ1) is 4.85. The fourth-order valence-electron chi connectivity index (χ4n) is 1.07. The van der Waals surface area contributed by atoms with Crippen LogP contribution in [0.5, 0.6) is 0 Å². The highest BCUT2D eigenvalue weighted by Crippen LogP contribution is 2.48. The molecule has 0 amide bonds. The Bertz CT molecular complexity index is 191. The molecule has 0 aromatic carbocycles. The van der Waals surface area contributed by atoms with E-state index < -0.39 is 30.0 Å². The molecule has 1 fully saturated rings. The van der Waals surface area contributed by atoms with Gasteiger partial charge in [0.05, 0.1) is 11.8 Å². The lowest BCUT2D eigenvalue weighted by molar-refractivity contribution is -0.160. The second-order valence-electron chi connectivity index (χ2n) is 2.51. The van der Waals surface area contributed by atoms with Gasteiger partial charge in [-0.25, -0.2) is 0 Å². The van der Waals surface area contributed by atoms with Crippen LogP contribution in [0.1, 0.15) is 0 Å². The normalized spacial score (nSPS) is 36.9. The van der Waals surface area contributed by atoms with E-state index in [9.17, 15) is 18.0 Å². The zero-order valence-corrected chi connectivity index (χ0v) is 5.30. The van der Waals surface area contributed by atoms with E-state index in [4.69, 9.17) is 10.8 Å². The first kappa shape index (κ1) is 8.32. The van der Waals surface area contributed by atoms with Crippen molar-refractivity contribution < 1.29 is 23.1 Å². The minimum absolute atomic E-state index is 1.26. The molecule has 11 heavy (non-hydrogen) atoms. The van der Waals surface area contributed by atoms with Crippen LogP contribution in [0.4, 0.5) is 13.2 Å². The van der Waals surface area contributed by atoms with Crippen LogP contribution in [0.3, 0.4) is 0 Å². The molecule has 3 atom stereocenters. The summed E-state index contributed by atoms with van der Waals surface area (Å²) in [4.78, 5) is 10.0. The van der Waals surface area contributed by atoms with Crippen LogP contribution in [0, 0.1) is 11.8 Å². The number of hydrogen-bond donors (Lipinski definition) is 2. The molecular weight excluding hydrogens is 163 g/mol. The summed E-state index contributed by atoms with van der Waals surface area (Å²) < 4.78 is 35.3. The van der Waals surface area contributed by atoms with E-state index in [1.165, 1.54) is 0 Å². The van der Waals surface area contributed by atoms with Crippen LogP contribution in [0.25, 0.3) is 0 Å². The SMILES string of the molecule is N[C@@H]1[C@H](C(=O)O)[C@@H]1C(F)(F)F. The maximum Gasteiger partial charge on any atom is 0.394 e. The first-order valence-electron chi connectivity index (χ1n) is 2.91. The van der Waals surface area contributed by atoms with E-state index >= 15 is 0 Å². The number of alkyl halides is 3. The van der Waals surface area contributed by atoms with Gasteiger partial charge in [0.25, 0.3) is 0 Å². The standard InChI is InChI=1S/C5H6F3NO2/c6-5(7,8)2-1(3(2)9)4(10)11/h1-3H,9H2,(H,10,11)/t1-,2+,3-/m1/s1. The van der Waals surface area contributed by atoms with Gasteiger partial charge in [0.2, 0.25) is 0 Å². The summed E-state index contributed by atoms with van der Waals surface area (Å²) in [6.45, 7) is 0. The fourth-order valence-corrected chi connectivity index (χ4v) is 1.07. The summed E-state index contributed by atoms with van der Waals surface area (Å²) in [5, 5.41) is 8.18. The molecular formula is C5H6F3NO2. The van der Waals surface area contributed by atoms with Crippen LogP contribution in [0.2, 0.25) is 0 Å². The Kier molecular flexibility index (Phi) is 1.59. The van der Waals surface area contributed by atoms with Gasteiger partial charge in [0.1, 0.15) is 0 Å². The Hall–Kier alpha value is -0.780. The van der Waals surface area contributed by atoms with E-state index in [0.717, 1.165) is 0 Å². The van der Waals surface area contributed by atoms with E-state index in [2.05, 4.69) is 0 Å². The number of carbonyl (C=O) groups is 1. The monoisotopic (exact) mass is 169 g/mol. The molecule has 64 valence electrons. The number of rotatable bonds is 1. The van der Waals surface area contributed by atoms with Crippen molar-refractivity contribution >= 4 is 5.97 Å². The largest absolute Gasteiger partial charge is 0.481 e. The number of carboxylic acids is 1. The number of halogens is 3. The van der Waals surface area contributed by atoms with Crippen molar-refractivity contribution in [1.29, 1.82) is 0 Å². The summed E-state index contributed by atoms with van der Waals surface area (Å²) >= 11 is 0. The second-order valence-corrected chi connectivity index (χ2v) is 2.51. The first-order valence-corrected chi connectivity index (χ1v) is 2.91. The molecule has 0 aliphatic heterocycles. The van der Waals surface area contributed by atoms with Crippen molar-refractivity contribution in [3.63, 3.8) is 0 Å². The van der Waals surface area contributed by atoms with Gasteiger partial charge in [-0.3, -0.25) is 4.79 Å². The maximum absolute atomic E-state index is 11.8. The van der Waals surface area contributed by atoms with Gasteiger partial charge < -0.3 is 10.8 Å². The van der Waals surface area contributed by atoms with Gasteiger partial charge in [-0.1, -0.05) is 0 Å². The van der Waals surface area contributed by atoms with Gasteiger partial charge in [-0.15, -0.1) is 0 Å². The van der Waals surface area contributed by atoms with Crippen LogP contribution < -0.4 is 5.73 Å². The molecule has 0 heterocycles. The van der Waals surface area contributed by atoms with Gasteiger partial charge in [0, 0.05) is 6.04 Å². The highest BCUT2D eigenvalue weighted by Gasteiger charge is 2.66. The smallest absolute Gasteiger partial charge is 0.394 e. The molecule has 3 nitrogen and oxygen atoms in total. The van der Waals surface area contributed by atoms with Crippen molar-refractivity contribution in [2.24, 2.45) is 17.6 Å². The quantitative estimate of drug-likeness (QED) is 0.589. The summed E-state index contributed by atoms with van der Waals surface area (Å²) in [6, 6.07) is -1.26. The Morgan fingerprint density at radius 3 is 2.00 bits per heavy atom. The van der Waals surface area contributed by atoms with Crippen LogP contribution in [-0.4, -0.2) is 23.3 Å².